The van der Waals surface area contributed by atoms with Gasteiger partial charge in [-0.15, -0.1) is 0 Å². The van der Waals surface area contributed by atoms with Crippen molar-refractivity contribution in [2.75, 3.05) is 27.7 Å². The van der Waals surface area contributed by atoms with Gasteiger partial charge in [0.2, 0.25) is 17.6 Å². The third-order valence-corrected chi connectivity index (χ3v) is 4.06. The van der Waals surface area contributed by atoms with Gasteiger partial charge in [0.1, 0.15) is 12.2 Å². The Bertz CT molecular complexity index is 677. The predicted molar refractivity (Wildman–Crippen MR) is 90.8 cm³/mol. The SMILES string of the molecule is COc1ccc(-c2noc(CC(=O)NCC(C)(C)N(C)C)n2)cc1. The number of methoxy groups -OCH3 is 1. The fourth-order valence-electron chi connectivity index (χ4n) is 1.86. The van der Waals surface area contributed by atoms with Crippen LogP contribution in [-0.4, -0.2) is 54.2 Å². The monoisotopic (exact) mass is 332 g/mol. The molecule has 0 aliphatic carbocycles. The van der Waals surface area contributed by atoms with Gasteiger partial charge >= 0.3 is 0 Å². The van der Waals surface area contributed by atoms with Crippen LogP contribution in [0.1, 0.15) is 19.7 Å². The van der Waals surface area contributed by atoms with Crippen molar-refractivity contribution in [3.05, 3.63) is 30.2 Å². The topological polar surface area (TPSA) is 80.5 Å². The molecule has 1 heterocycles. The number of nitrogens with one attached hydrogen (secondary N) is 1. The van der Waals surface area contributed by atoms with E-state index >= 15 is 0 Å². The highest BCUT2D eigenvalue weighted by Gasteiger charge is 2.21. The minimum atomic E-state index is -0.144. The van der Waals surface area contributed by atoms with Crippen molar-refractivity contribution in [3.8, 4) is 17.1 Å². The van der Waals surface area contributed by atoms with Crippen LogP contribution >= 0.6 is 0 Å². The third-order valence-electron chi connectivity index (χ3n) is 4.06. The Kier molecular flexibility index (Phi) is 5.56. The van der Waals surface area contributed by atoms with Crippen LogP contribution in [-0.2, 0) is 11.2 Å². The van der Waals surface area contributed by atoms with Gasteiger partial charge in [-0.05, 0) is 52.2 Å². The van der Waals surface area contributed by atoms with Crippen LogP contribution in [0.2, 0.25) is 0 Å². The summed E-state index contributed by atoms with van der Waals surface area (Å²) in [6, 6.07) is 7.32. The number of carbonyl (C=O) groups excluding carboxylic acids is 1. The highest BCUT2D eigenvalue weighted by atomic mass is 16.5. The molecule has 2 rings (SSSR count). The van der Waals surface area contributed by atoms with Crippen LogP contribution in [0, 0.1) is 0 Å². The van der Waals surface area contributed by atoms with Gasteiger partial charge in [0, 0.05) is 17.6 Å². The van der Waals surface area contributed by atoms with Crippen molar-refractivity contribution in [2.24, 2.45) is 0 Å². The number of hydrogen-bond donors (Lipinski definition) is 1. The molecule has 0 saturated heterocycles. The molecule has 130 valence electrons. The van der Waals surface area contributed by atoms with Crippen LogP contribution in [0.3, 0.4) is 0 Å². The molecule has 1 aromatic carbocycles. The van der Waals surface area contributed by atoms with Gasteiger partial charge in [0.15, 0.2) is 0 Å². The number of benzene rings is 1. The molecule has 7 nitrogen and oxygen atoms in total. The lowest BCUT2D eigenvalue weighted by Crippen LogP contribution is -2.48. The van der Waals surface area contributed by atoms with Crippen LogP contribution in [0.4, 0.5) is 0 Å². The molecule has 1 amide bonds. The minimum Gasteiger partial charge on any atom is -0.497 e. The van der Waals surface area contributed by atoms with Gasteiger partial charge in [-0.25, -0.2) is 0 Å². The Hall–Kier alpha value is -2.41. The molecule has 2 aromatic rings. The molecule has 1 N–H and O–H groups in total. The zero-order chi connectivity index (χ0) is 17.7. The van der Waals surface area contributed by atoms with E-state index in [9.17, 15) is 4.79 Å². The number of carbonyl (C=O) groups is 1. The van der Waals surface area contributed by atoms with Crippen molar-refractivity contribution >= 4 is 5.91 Å². The normalized spacial score (nSPS) is 11.6. The summed E-state index contributed by atoms with van der Waals surface area (Å²) < 4.78 is 10.3. The van der Waals surface area contributed by atoms with Gasteiger partial charge in [0.05, 0.1) is 7.11 Å². The Morgan fingerprint density at radius 1 is 1.29 bits per heavy atom. The molecule has 1 aromatic heterocycles. The van der Waals surface area contributed by atoms with E-state index in [-0.39, 0.29) is 17.9 Å². The Balaban J connectivity index is 1.94. The predicted octanol–water partition coefficient (Wildman–Crippen LogP) is 1.74. The maximum Gasteiger partial charge on any atom is 0.236 e. The van der Waals surface area contributed by atoms with Crippen molar-refractivity contribution < 1.29 is 14.1 Å². The van der Waals surface area contributed by atoms with Crippen molar-refractivity contribution in [1.29, 1.82) is 0 Å². The molecule has 7 heteroatoms. The molecule has 0 saturated carbocycles. The number of hydrogen-bond acceptors (Lipinski definition) is 6. The summed E-state index contributed by atoms with van der Waals surface area (Å²) in [5.41, 5.74) is 0.679. The number of amides is 1. The van der Waals surface area contributed by atoms with Crippen LogP contribution in [0.15, 0.2) is 28.8 Å². The molecular weight excluding hydrogens is 308 g/mol. The molecule has 0 spiro atoms. The summed E-state index contributed by atoms with van der Waals surface area (Å²) in [5.74, 6) is 1.36. The summed E-state index contributed by atoms with van der Waals surface area (Å²) in [6.45, 7) is 4.65. The maximum absolute atomic E-state index is 12.0. The Labute approximate surface area is 142 Å². The van der Waals surface area contributed by atoms with E-state index in [1.165, 1.54) is 0 Å². The third kappa shape index (κ3) is 4.55. The smallest absolute Gasteiger partial charge is 0.236 e. The summed E-state index contributed by atoms with van der Waals surface area (Å²) in [6.07, 6.45) is 0.0622. The van der Waals surface area contributed by atoms with E-state index in [2.05, 4.69) is 34.2 Å². The summed E-state index contributed by atoms with van der Waals surface area (Å²) in [4.78, 5) is 18.4. The average Bonchev–Trinajstić information content (AvgIpc) is 3.01. The first kappa shape index (κ1) is 17.9. The number of likely N-dealkylation sites (N-methyl/N-ethyl adjacent to an activating group) is 1. The summed E-state index contributed by atoms with van der Waals surface area (Å²) >= 11 is 0. The quantitative estimate of drug-likeness (QED) is 0.832. The molecule has 0 aliphatic rings. The zero-order valence-electron chi connectivity index (χ0n) is 14.8. The first-order valence-electron chi connectivity index (χ1n) is 7.73. The Morgan fingerprint density at radius 2 is 1.96 bits per heavy atom. The van der Waals surface area contributed by atoms with Crippen molar-refractivity contribution in [2.45, 2.75) is 25.8 Å². The fraction of sp³-hybridized carbons (Fsp3) is 0.471. The molecule has 0 fully saturated rings. The molecule has 0 radical (unpaired) electrons. The average molecular weight is 332 g/mol. The largest absolute Gasteiger partial charge is 0.497 e. The molecular formula is C17H24N4O3. The lowest BCUT2D eigenvalue weighted by atomic mass is 10.0. The van der Waals surface area contributed by atoms with Crippen LogP contribution < -0.4 is 10.1 Å². The fourth-order valence-corrected chi connectivity index (χ4v) is 1.86. The molecule has 0 unspecified atom stereocenters. The standard InChI is InChI=1S/C17H24N4O3/c1-17(2,21(3)4)11-18-14(22)10-15-19-16(20-24-15)12-6-8-13(23-5)9-7-12/h6-9H,10-11H2,1-5H3,(H,18,22). The lowest BCUT2D eigenvalue weighted by Gasteiger charge is -2.32. The van der Waals surface area contributed by atoms with Crippen molar-refractivity contribution in [3.63, 3.8) is 0 Å². The number of nitrogens with zero attached hydrogens (tertiary/aromatic N) is 3. The first-order chi connectivity index (χ1) is 11.3. The van der Waals surface area contributed by atoms with E-state index in [1.807, 2.05) is 38.4 Å². The number of aromatic nitrogens is 2. The zero-order valence-corrected chi connectivity index (χ0v) is 14.8. The van der Waals surface area contributed by atoms with Crippen LogP contribution in [0.25, 0.3) is 11.4 Å². The highest BCUT2D eigenvalue weighted by molar-refractivity contribution is 5.77. The van der Waals surface area contributed by atoms with Gasteiger partial charge in [0.25, 0.3) is 0 Å². The van der Waals surface area contributed by atoms with E-state index < -0.39 is 0 Å². The van der Waals surface area contributed by atoms with E-state index in [1.54, 1.807) is 7.11 Å². The maximum atomic E-state index is 12.0. The van der Waals surface area contributed by atoms with Gasteiger partial charge in [-0.2, -0.15) is 4.98 Å². The van der Waals surface area contributed by atoms with Crippen molar-refractivity contribution in [1.82, 2.24) is 20.4 Å². The second kappa shape index (κ2) is 7.44. The Morgan fingerprint density at radius 3 is 2.54 bits per heavy atom. The summed E-state index contributed by atoms with van der Waals surface area (Å²) in [5, 5.41) is 6.81. The summed E-state index contributed by atoms with van der Waals surface area (Å²) in [7, 11) is 5.56. The minimum absolute atomic E-state index is 0.0622. The molecule has 24 heavy (non-hydrogen) atoms. The van der Waals surface area contributed by atoms with Gasteiger partial charge in [-0.3, -0.25) is 4.79 Å². The molecule has 0 bridgehead atoms. The van der Waals surface area contributed by atoms with Crippen LogP contribution in [0.5, 0.6) is 5.75 Å². The van der Waals surface area contributed by atoms with E-state index in [0.29, 0.717) is 18.3 Å². The second-order valence-electron chi connectivity index (χ2n) is 6.40. The highest BCUT2D eigenvalue weighted by Crippen LogP contribution is 2.19. The van der Waals surface area contributed by atoms with Gasteiger partial charge < -0.3 is 19.5 Å². The van der Waals surface area contributed by atoms with E-state index in [4.69, 9.17) is 9.26 Å². The number of rotatable bonds is 7. The first-order valence-corrected chi connectivity index (χ1v) is 7.73. The molecule has 0 aliphatic heterocycles. The molecule has 0 atom stereocenters. The second-order valence-corrected chi connectivity index (χ2v) is 6.40. The lowest BCUT2D eigenvalue weighted by molar-refractivity contribution is -0.121. The van der Waals surface area contributed by atoms with Gasteiger partial charge in [-0.1, -0.05) is 5.16 Å². The van der Waals surface area contributed by atoms with E-state index in [0.717, 1.165) is 11.3 Å². The number of ether oxygens (including phenoxy) is 1.